The van der Waals surface area contributed by atoms with Crippen LogP contribution in [-0.4, -0.2) is 10.8 Å². The number of ketones is 1. The van der Waals surface area contributed by atoms with Crippen LogP contribution in [0.4, 0.5) is 18.9 Å². The van der Waals surface area contributed by atoms with E-state index in [0.29, 0.717) is 5.56 Å². The number of hydrogen-bond acceptors (Lipinski definition) is 3. The molecule has 0 unspecified atom stereocenters. The number of carbonyl (C=O) groups is 1. The predicted molar refractivity (Wildman–Crippen MR) is 68.1 cm³/mol. The van der Waals surface area contributed by atoms with E-state index in [-0.39, 0.29) is 17.7 Å². The van der Waals surface area contributed by atoms with Crippen LogP contribution < -0.4 is 5.73 Å². The fourth-order valence-electron chi connectivity index (χ4n) is 1.76. The predicted octanol–water partition coefficient (Wildman–Crippen LogP) is 3.11. The average Bonchev–Trinajstić information content (AvgIpc) is 2.39. The zero-order valence-electron chi connectivity index (χ0n) is 10.3. The van der Waals surface area contributed by atoms with Gasteiger partial charge in [-0.3, -0.25) is 9.78 Å². The van der Waals surface area contributed by atoms with Gasteiger partial charge in [-0.05, 0) is 29.8 Å². The molecule has 20 heavy (non-hydrogen) atoms. The Balaban J connectivity index is 2.30. The monoisotopic (exact) mass is 280 g/mol. The molecule has 2 N–H and O–H groups in total. The Kier molecular flexibility index (Phi) is 3.74. The first-order valence-electron chi connectivity index (χ1n) is 5.77. The molecule has 0 atom stereocenters. The van der Waals surface area contributed by atoms with Crippen molar-refractivity contribution in [3.8, 4) is 0 Å². The molecule has 0 saturated heterocycles. The largest absolute Gasteiger partial charge is 0.416 e. The molecular formula is C14H11F3N2O. The van der Waals surface area contributed by atoms with Gasteiger partial charge in [0.1, 0.15) is 0 Å². The molecule has 2 aromatic rings. The number of anilines is 1. The van der Waals surface area contributed by atoms with Crippen molar-refractivity contribution in [2.24, 2.45) is 0 Å². The fraction of sp³-hybridized carbons (Fsp3) is 0.143. The van der Waals surface area contributed by atoms with Gasteiger partial charge >= 0.3 is 6.18 Å². The van der Waals surface area contributed by atoms with Gasteiger partial charge in [-0.2, -0.15) is 13.2 Å². The molecule has 1 aromatic carbocycles. The zero-order valence-corrected chi connectivity index (χ0v) is 10.3. The summed E-state index contributed by atoms with van der Waals surface area (Å²) in [7, 11) is 0. The number of aromatic nitrogens is 1. The third kappa shape index (κ3) is 3.14. The van der Waals surface area contributed by atoms with Crippen LogP contribution in [-0.2, 0) is 12.6 Å². The summed E-state index contributed by atoms with van der Waals surface area (Å²) in [5, 5.41) is 0. The van der Waals surface area contributed by atoms with Crippen LogP contribution in [0, 0.1) is 0 Å². The van der Waals surface area contributed by atoms with Crippen LogP contribution in [0.5, 0.6) is 0 Å². The minimum Gasteiger partial charge on any atom is -0.398 e. The molecule has 0 radical (unpaired) electrons. The van der Waals surface area contributed by atoms with Crippen LogP contribution in [0.25, 0.3) is 0 Å². The van der Waals surface area contributed by atoms with Gasteiger partial charge in [-0.25, -0.2) is 0 Å². The van der Waals surface area contributed by atoms with E-state index in [1.54, 1.807) is 18.3 Å². The van der Waals surface area contributed by atoms with Gasteiger partial charge in [0.25, 0.3) is 0 Å². The summed E-state index contributed by atoms with van der Waals surface area (Å²) in [6.45, 7) is 0. The third-order valence-electron chi connectivity index (χ3n) is 2.77. The molecule has 0 spiro atoms. The van der Waals surface area contributed by atoms with Gasteiger partial charge in [-0.1, -0.05) is 6.07 Å². The van der Waals surface area contributed by atoms with E-state index in [0.717, 1.165) is 18.2 Å². The lowest BCUT2D eigenvalue weighted by Gasteiger charge is -2.10. The number of benzene rings is 1. The van der Waals surface area contributed by atoms with Crippen LogP contribution >= 0.6 is 0 Å². The van der Waals surface area contributed by atoms with Crippen molar-refractivity contribution >= 4 is 11.5 Å². The van der Waals surface area contributed by atoms with Gasteiger partial charge in [0.15, 0.2) is 5.78 Å². The highest BCUT2D eigenvalue weighted by Crippen LogP contribution is 2.31. The normalized spacial score (nSPS) is 11.3. The zero-order chi connectivity index (χ0) is 14.8. The number of carbonyl (C=O) groups excluding carboxylic acids is 1. The van der Waals surface area contributed by atoms with Gasteiger partial charge in [0.2, 0.25) is 0 Å². The molecule has 2 rings (SSSR count). The first-order chi connectivity index (χ1) is 9.38. The van der Waals surface area contributed by atoms with E-state index in [4.69, 9.17) is 5.73 Å². The number of nitrogens with zero attached hydrogens (tertiary/aromatic N) is 1. The molecule has 1 heterocycles. The van der Waals surface area contributed by atoms with Crippen LogP contribution in [0.2, 0.25) is 0 Å². The number of nitrogens with two attached hydrogens (primary N) is 1. The lowest BCUT2D eigenvalue weighted by molar-refractivity contribution is -0.137. The minimum absolute atomic E-state index is 0.0342. The highest BCUT2D eigenvalue weighted by atomic mass is 19.4. The number of nitrogen functional groups attached to an aromatic ring is 1. The maximum Gasteiger partial charge on any atom is 0.416 e. The van der Waals surface area contributed by atoms with E-state index in [1.165, 1.54) is 6.20 Å². The number of halogens is 3. The average molecular weight is 280 g/mol. The summed E-state index contributed by atoms with van der Waals surface area (Å²) < 4.78 is 37.9. The fourth-order valence-corrected chi connectivity index (χ4v) is 1.76. The molecular weight excluding hydrogens is 269 g/mol. The topological polar surface area (TPSA) is 56.0 Å². The molecule has 0 amide bonds. The van der Waals surface area contributed by atoms with Crippen LogP contribution in [0.3, 0.4) is 0 Å². The molecule has 104 valence electrons. The van der Waals surface area contributed by atoms with E-state index in [1.807, 2.05) is 0 Å². The van der Waals surface area contributed by atoms with Gasteiger partial charge in [-0.15, -0.1) is 0 Å². The summed E-state index contributed by atoms with van der Waals surface area (Å²) in [6, 6.07) is 6.07. The Morgan fingerprint density at radius 1 is 1.25 bits per heavy atom. The lowest BCUT2D eigenvalue weighted by atomic mass is 10.0. The minimum atomic E-state index is -4.50. The Hall–Kier alpha value is -2.37. The van der Waals surface area contributed by atoms with Crippen molar-refractivity contribution in [2.75, 3.05) is 5.73 Å². The first kappa shape index (κ1) is 14.0. The SMILES string of the molecule is Nc1ccc(C(F)(F)F)cc1C(=O)Cc1cccnc1. The Bertz CT molecular complexity index is 624. The van der Waals surface area contributed by atoms with Gasteiger partial charge in [0.05, 0.1) is 5.56 Å². The van der Waals surface area contributed by atoms with Crippen molar-refractivity contribution in [1.29, 1.82) is 0 Å². The van der Waals surface area contributed by atoms with Crippen molar-refractivity contribution < 1.29 is 18.0 Å². The second kappa shape index (κ2) is 5.32. The smallest absolute Gasteiger partial charge is 0.398 e. The lowest BCUT2D eigenvalue weighted by Crippen LogP contribution is -2.11. The number of pyridine rings is 1. The Morgan fingerprint density at radius 2 is 2.00 bits per heavy atom. The number of alkyl halides is 3. The summed E-state index contributed by atoms with van der Waals surface area (Å²) in [6.07, 6.45) is -1.51. The Morgan fingerprint density at radius 3 is 2.60 bits per heavy atom. The van der Waals surface area contributed by atoms with Gasteiger partial charge < -0.3 is 5.73 Å². The van der Waals surface area contributed by atoms with E-state index in [9.17, 15) is 18.0 Å². The maximum atomic E-state index is 12.6. The van der Waals surface area contributed by atoms with Crippen molar-refractivity contribution in [1.82, 2.24) is 4.98 Å². The molecule has 0 aliphatic carbocycles. The highest BCUT2D eigenvalue weighted by molar-refractivity contribution is 6.02. The van der Waals surface area contributed by atoms with Crippen molar-refractivity contribution in [3.63, 3.8) is 0 Å². The highest BCUT2D eigenvalue weighted by Gasteiger charge is 2.31. The standard InChI is InChI=1S/C14H11F3N2O/c15-14(16,17)10-3-4-12(18)11(7-10)13(20)6-9-2-1-5-19-8-9/h1-5,7-8H,6,18H2. The second-order valence-electron chi connectivity index (χ2n) is 4.26. The van der Waals surface area contributed by atoms with Crippen LogP contribution in [0.1, 0.15) is 21.5 Å². The summed E-state index contributed by atoms with van der Waals surface area (Å²) in [5.41, 5.74) is 5.23. The number of hydrogen-bond donors (Lipinski definition) is 1. The summed E-state index contributed by atoms with van der Waals surface area (Å²) in [4.78, 5) is 15.9. The van der Waals surface area contributed by atoms with Gasteiger partial charge in [0, 0.05) is 30.1 Å². The molecule has 0 bridgehead atoms. The first-order valence-corrected chi connectivity index (χ1v) is 5.77. The molecule has 0 aliphatic heterocycles. The molecule has 3 nitrogen and oxygen atoms in total. The Labute approximate surface area is 113 Å². The van der Waals surface area contributed by atoms with Crippen molar-refractivity contribution in [2.45, 2.75) is 12.6 Å². The number of Topliss-reactive ketones (excluding diaryl/α,β-unsaturated/α-hetero) is 1. The van der Waals surface area contributed by atoms with E-state index < -0.39 is 17.5 Å². The molecule has 1 aromatic heterocycles. The van der Waals surface area contributed by atoms with Crippen molar-refractivity contribution in [3.05, 3.63) is 59.4 Å². The van der Waals surface area contributed by atoms with Crippen LogP contribution in [0.15, 0.2) is 42.7 Å². The third-order valence-corrected chi connectivity index (χ3v) is 2.77. The second-order valence-corrected chi connectivity index (χ2v) is 4.26. The summed E-state index contributed by atoms with van der Waals surface area (Å²) in [5.74, 6) is -0.471. The molecule has 0 saturated carbocycles. The maximum absolute atomic E-state index is 12.6. The number of rotatable bonds is 3. The van der Waals surface area contributed by atoms with E-state index in [2.05, 4.69) is 4.98 Å². The quantitative estimate of drug-likeness (QED) is 0.694. The summed E-state index contributed by atoms with van der Waals surface area (Å²) >= 11 is 0. The molecule has 0 fully saturated rings. The molecule has 0 aliphatic rings. The molecule has 6 heteroatoms. The van der Waals surface area contributed by atoms with E-state index >= 15 is 0 Å².